The normalized spacial score (nSPS) is 15.3. The highest BCUT2D eigenvalue weighted by atomic mass is 16.5. The third-order valence-electron chi connectivity index (χ3n) is 4.11. The Hall–Kier alpha value is -1.55. The molecule has 1 aromatic rings. The third-order valence-corrected chi connectivity index (χ3v) is 4.11. The van der Waals surface area contributed by atoms with E-state index in [1.165, 1.54) is 24.0 Å². The minimum absolute atomic E-state index is 0.0350. The quantitative estimate of drug-likeness (QED) is 0.787. The van der Waals surface area contributed by atoms with Gasteiger partial charge in [0.15, 0.2) is 6.10 Å². The van der Waals surface area contributed by atoms with Gasteiger partial charge in [0.1, 0.15) is 5.75 Å². The number of amides is 1. The average molecular weight is 304 g/mol. The summed E-state index contributed by atoms with van der Waals surface area (Å²) in [6.07, 6.45) is 5.14. The Balaban J connectivity index is 1.86. The third kappa shape index (κ3) is 4.73. The van der Waals surface area contributed by atoms with Crippen LogP contribution in [0.15, 0.2) is 18.2 Å². The molecule has 0 aromatic heterocycles. The molecule has 2 rings (SSSR count). The number of fused-ring (bicyclic) bond motifs is 1. The Bertz CT molecular complexity index is 500. The molecular formula is C18H28N2O2. The van der Waals surface area contributed by atoms with Gasteiger partial charge in [0.05, 0.1) is 0 Å². The maximum Gasteiger partial charge on any atom is 0.260 e. The van der Waals surface area contributed by atoms with Crippen molar-refractivity contribution in [3.63, 3.8) is 0 Å². The van der Waals surface area contributed by atoms with Gasteiger partial charge in [-0.3, -0.25) is 4.79 Å². The second-order valence-corrected chi connectivity index (χ2v) is 6.31. The van der Waals surface area contributed by atoms with Crippen molar-refractivity contribution in [1.29, 1.82) is 0 Å². The number of ether oxygens (including phenoxy) is 1. The predicted molar refractivity (Wildman–Crippen MR) is 89.4 cm³/mol. The van der Waals surface area contributed by atoms with Crippen LogP contribution in [0.5, 0.6) is 5.75 Å². The van der Waals surface area contributed by atoms with E-state index in [4.69, 9.17) is 4.74 Å². The Morgan fingerprint density at radius 3 is 2.86 bits per heavy atom. The molecule has 1 aromatic carbocycles. The largest absolute Gasteiger partial charge is 0.481 e. The number of benzene rings is 1. The lowest BCUT2D eigenvalue weighted by Gasteiger charge is -2.22. The summed E-state index contributed by atoms with van der Waals surface area (Å²) in [7, 11) is 4.07. The van der Waals surface area contributed by atoms with E-state index in [-0.39, 0.29) is 5.91 Å². The molecule has 122 valence electrons. The minimum Gasteiger partial charge on any atom is -0.481 e. The molecule has 1 aliphatic rings. The minimum atomic E-state index is -0.451. The predicted octanol–water partition coefficient (Wildman–Crippen LogP) is 2.40. The number of carbonyl (C=O) groups excluding carboxylic acids is 1. The summed E-state index contributed by atoms with van der Waals surface area (Å²) in [5, 5.41) is 2.95. The van der Waals surface area contributed by atoms with Gasteiger partial charge in [-0.1, -0.05) is 12.1 Å². The number of nitrogens with one attached hydrogen (secondary N) is 1. The fraction of sp³-hybridized carbons (Fsp3) is 0.611. The van der Waals surface area contributed by atoms with E-state index in [9.17, 15) is 4.79 Å². The number of aryl methyl sites for hydroxylation is 1. The highest BCUT2D eigenvalue weighted by molar-refractivity contribution is 5.80. The number of hydrogen-bond donors (Lipinski definition) is 1. The Morgan fingerprint density at radius 2 is 2.09 bits per heavy atom. The van der Waals surface area contributed by atoms with Gasteiger partial charge in [0.25, 0.3) is 5.91 Å². The Labute approximate surface area is 133 Å². The van der Waals surface area contributed by atoms with Crippen molar-refractivity contribution in [2.45, 2.75) is 45.1 Å². The van der Waals surface area contributed by atoms with Gasteiger partial charge in [-0.05, 0) is 76.9 Å². The van der Waals surface area contributed by atoms with Crippen LogP contribution in [-0.4, -0.2) is 44.1 Å². The first-order chi connectivity index (χ1) is 10.6. The average Bonchev–Trinajstić information content (AvgIpc) is 2.51. The molecule has 22 heavy (non-hydrogen) atoms. The number of nitrogens with zero attached hydrogens (tertiary/aromatic N) is 1. The molecule has 0 radical (unpaired) electrons. The lowest BCUT2D eigenvalue weighted by atomic mass is 9.91. The summed E-state index contributed by atoms with van der Waals surface area (Å²) < 4.78 is 5.93. The summed E-state index contributed by atoms with van der Waals surface area (Å²) in [6.45, 7) is 3.49. The first-order valence-corrected chi connectivity index (χ1v) is 8.28. The second-order valence-electron chi connectivity index (χ2n) is 6.31. The van der Waals surface area contributed by atoms with Crippen molar-refractivity contribution in [2.24, 2.45) is 0 Å². The van der Waals surface area contributed by atoms with E-state index in [0.29, 0.717) is 6.54 Å². The first-order valence-electron chi connectivity index (χ1n) is 8.28. The van der Waals surface area contributed by atoms with E-state index in [1.807, 2.05) is 33.2 Å². The van der Waals surface area contributed by atoms with Gasteiger partial charge in [-0.2, -0.15) is 0 Å². The number of hydrogen-bond acceptors (Lipinski definition) is 3. The van der Waals surface area contributed by atoms with Gasteiger partial charge < -0.3 is 15.0 Å². The molecule has 0 heterocycles. The topological polar surface area (TPSA) is 41.6 Å². The van der Waals surface area contributed by atoms with Crippen LogP contribution in [0.25, 0.3) is 0 Å². The molecular weight excluding hydrogens is 276 g/mol. The zero-order chi connectivity index (χ0) is 15.9. The van der Waals surface area contributed by atoms with Crippen LogP contribution < -0.4 is 10.1 Å². The monoisotopic (exact) mass is 304 g/mol. The van der Waals surface area contributed by atoms with Crippen molar-refractivity contribution >= 4 is 5.91 Å². The van der Waals surface area contributed by atoms with E-state index >= 15 is 0 Å². The molecule has 4 nitrogen and oxygen atoms in total. The van der Waals surface area contributed by atoms with E-state index < -0.39 is 6.10 Å². The Kier molecular flexibility index (Phi) is 6.25. The smallest absolute Gasteiger partial charge is 0.260 e. The van der Waals surface area contributed by atoms with Crippen molar-refractivity contribution in [3.05, 3.63) is 29.3 Å². The highest BCUT2D eigenvalue weighted by Crippen LogP contribution is 2.30. The lowest BCUT2D eigenvalue weighted by molar-refractivity contribution is -0.127. The zero-order valence-electron chi connectivity index (χ0n) is 14.0. The molecule has 0 aliphatic heterocycles. The molecule has 1 aliphatic carbocycles. The van der Waals surface area contributed by atoms with Gasteiger partial charge in [0.2, 0.25) is 0 Å². The van der Waals surface area contributed by atoms with E-state index in [2.05, 4.69) is 16.3 Å². The summed E-state index contributed by atoms with van der Waals surface area (Å²) in [5.41, 5.74) is 2.67. The molecule has 1 atom stereocenters. The molecule has 0 saturated carbocycles. The maximum absolute atomic E-state index is 12.1. The maximum atomic E-state index is 12.1. The standard InChI is InChI=1S/C18H28N2O2/c1-14(18(21)19-12-7-13-20(2)3)22-17-11-6-9-15-8-4-5-10-16(15)17/h6,9,11,14H,4-5,7-8,10,12-13H2,1-3H3,(H,19,21)/t14-/m1/s1. The van der Waals surface area contributed by atoms with Crippen LogP contribution in [0.4, 0.5) is 0 Å². The fourth-order valence-corrected chi connectivity index (χ4v) is 2.85. The van der Waals surface area contributed by atoms with E-state index in [0.717, 1.165) is 31.6 Å². The SMILES string of the molecule is C[C@@H](Oc1cccc2c1CCCC2)C(=O)NCCCN(C)C. The number of carbonyl (C=O) groups is 1. The van der Waals surface area contributed by atoms with Gasteiger partial charge in [-0.15, -0.1) is 0 Å². The molecule has 0 spiro atoms. The number of rotatable bonds is 7. The van der Waals surface area contributed by atoms with Gasteiger partial charge in [-0.25, -0.2) is 0 Å². The second kappa shape index (κ2) is 8.18. The van der Waals surface area contributed by atoms with Gasteiger partial charge in [0, 0.05) is 6.54 Å². The van der Waals surface area contributed by atoms with Crippen LogP contribution in [-0.2, 0) is 17.6 Å². The van der Waals surface area contributed by atoms with Crippen LogP contribution in [0, 0.1) is 0 Å². The molecule has 1 amide bonds. The summed E-state index contributed by atoms with van der Waals surface area (Å²) in [5.74, 6) is 0.848. The van der Waals surface area contributed by atoms with Crippen LogP contribution in [0.3, 0.4) is 0 Å². The molecule has 1 N–H and O–H groups in total. The molecule has 0 fully saturated rings. The summed E-state index contributed by atoms with van der Waals surface area (Å²) in [6, 6.07) is 6.19. The van der Waals surface area contributed by atoms with Crippen LogP contribution >= 0.6 is 0 Å². The molecule has 4 heteroatoms. The van der Waals surface area contributed by atoms with Crippen LogP contribution in [0.2, 0.25) is 0 Å². The lowest BCUT2D eigenvalue weighted by Crippen LogP contribution is -2.37. The van der Waals surface area contributed by atoms with E-state index in [1.54, 1.807) is 0 Å². The molecule has 0 unspecified atom stereocenters. The van der Waals surface area contributed by atoms with Crippen molar-refractivity contribution in [1.82, 2.24) is 10.2 Å². The van der Waals surface area contributed by atoms with Gasteiger partial charge >= 0.3 is 0 Å². The highest BCUT2D eigenvalue weighted by Gasteiger charge is 2.18. The Morgan fingerprint density at radius 1 is 1.32 bits per heavy atom. The molecule has 0 bridgehead atoms. The summed E-state index contributed by atoms with van der Waals surface area (Å²) >= 11 is 0. The van der Waals surface area contributed by atoms with Crippen molar-refractivity contribution < 1.29 is 9.53 Å². The van der Waals surface area contributed by atoms with Crippen molar-refractivity contribution in [3.8, 4) is 5.75 Å². The fourth-order valence-electron chi connectivity index (χ4n) is 2.85. The first kappa shape index (κ1) is 16.8. The summed E-state index contributed by atoms with van der Waals surface area (Å²) in [4.78, 5) is 14.2. The zero-order valence-corrected chi connectivity index (χ0v) is 14.0. The van der Waals surface area contributed by atoms with Crippen molar-refractivity contribution in [2.75, 3.05) is 27.2 Å². The van der Waals surface area contributed by atoms with Crippen LogP contribution in [0.1, 0.15) is 37.3 Å². The molecule has 0 saturated heterocycles.